The lowest BCUT2D eigenvalue weighted by molar-refractivity contribution is -0.114. The molecule has 0 radical (unpaired) electrons. The van der Waals surface area contributed by atoms with Crippen LogP contribution in [-0.2, 0) is 4.79 Å². The van der Waals surface area contributed by atoms with Crippen molar-refractivity contribution in [1.29, 1.82) is 0 Å². The first-order chi connectivity index (χ1) is 9.18. The predicted molar refractivity (Wildman–Crippen MR) is 76.5 cm³/mol. The van der Waals surface area contributed by atoms with Gasteiger partial charge in [0.1, 0.15) is 6.10 Å². The second kappa shape index (κ2) is 6.12. The van der Waals surface area contributed by atoms with Crippen molar-refractivity contribution in [3.8, 4) is 0 Å². The Kier molecular flexibility index (Phi) is 4.26. The average Bonchev–Trinajstić information content (AvgIpc) is 2.46. The van der Waals surface area contributed by atoms with Gasteiger partial charge in [-0.2, -0.15) is 0 Å². The van der Waals surface area contributed by atoms with E-state index in [4.69, 9.17) is 0 Å². The van der Waals surface area contributed by atoms with Crippen molar-refractivity contribution in [1.82, 2.24) is 0 Å². The minimum absolute atomic E-state index is 0.125. The van der Waals surface area contributed by atoms with Crippen LogP contribution in [0.5, 0.6) is 0 Å². The molecule has 1 atom stereocenters. The van der Waals surface area contributed by atoms with Gasteiger partial charge in [-0.1, -0.05) is 60.7 Å². The fraction of sp³-hybridized carbons (Fsp3) is 0.118. The first-order valence-corrected chi connectivity index (χ1v) is 6.19. The number of ketones is 1. The highest BCUT2D eigenvalue weighted by molar-refractivity contribution is 5.98. The first-order valence-electron chi connectivity index (χ1n) is 6.19. The Bertz CT molecular complexity index is 571. The summed E-state index contributed by atoms with van der Waals surface area (Å²) in [6, 6.07) is 18.7. The normalized spacial score (nSPS) is 13.1. The maximum atomic E-state index is 11.7. The third-order valence-electron chi connectivity index (χ3n) is 2.94. The van der Waals surface area contributed by atoms with Crippen LogP contribution in [0.3, 0.4) is 0 Å². The van der Waals surface area contributed by atoms with Gasteiger partial charge >= 0.3 is 0 Å². The number of hydrogen-bond donors (Lipinski definition) is 1. The maximum absolute atomic E-state index is 11.7. The van der Waals surface area contributed by atoms with E-state index in [1.165, 1.54) is 6.92 Å². The van der Waals surface area contributed by atoms with Crippen LogP contribution < -0.4 is 0 Å². The zero-order valence-electron chi connectivity index (χ0n) is 10.8. The van der Waals surface area contributed by atoms with E-state index < -0.39 is 6.10 Å². The molecule has 0 saturated carbocycles. The summed E-state index contributed by atoms with van der Waals surface area (Å²) in [5, 5.41) is 10.3. The fourth-order valence-corrected chi connectivity index (χ4v) is 1.92. The average molecular weight is 252 g/mol. The summed E-state index contributed by atoms with van der Waals surface area (Å²) in [5.41, 5.74) is 2.03. The van der Waals surface area contributed by atoms with E-state index in [2.05, 4.69) is 0 Å². The molecule has 2 nitrogen and oxygen atoms in total. The lowest BCUT2D eigenvalue weighted by atomic mass is 9.97. The zero-order valence-corrected chi connectivity index (χ0v) is 10.8. The van der Waals surface area contributed by atoms with Crippen molar-refractivity contribution in [2.45, 2.75) is 13.0 Å². The molecule has 1 N–H and O–H groups in total. The molecule has 96 valence electrons. The summed E-state index contributed by atoms with van der Waals surface area (Å²) in [6.07, 6.45) is 0.846. The van der Waals surface area contributed by atoms with Gasteiger partial charge in [-0.05, 0) is 24.1 Å². The predicted octanol–water partition coefficient (Wildman–Crippen LogP) is 3.39. The van der Waals surface area contributed by atoms with Gasteiger partial charge in [0.15, 0.2) is 5.78 Å². The Labute approximate surface area is 113 Å². The Morgan fingerprint density at radius 1 is 1.00 bits per heavy atom. The number of rotatable bonds is 4. The zero-order chi connectivity index (χ0) is 13.7. The Hall–Kier alpha value is -2.19. The summed E-state index contributed by atoms with van der Waals surface area (Å²) in [4.78, 5) is 11.7. The van der Waals surface area contributed by atoms with Crippen molar-refractivity contribution < 1.29 is 9.90 Å². The Morgan fingerprint density at radius 2 is 1.53 bits per heavy atom. The molecule has 0 heterocycles. The van der Waals surface area contributed by atoms with Crippen molar-refractivity contribution in [3.05, 3.63) is 77.4 Å². The number of Topliss-reactive ketones (excluding diaryl/α,β-unsaturated/α-hetero) is 1. The molecule has 2 aromatic carbocycles. The maximum Gasteiger partial charge on any atom is 0.158 e. The van der Waals surface area contributed by atoms with Gasteiger partial charge in [0.25, 0.3) is 0 Å². The minimum atomic E-state index is -0.890. The fourth-order valence-electron chi connectivity index (χ4n) is 1.92. The second-order valence-corrected chi connectivity index (χ2v) is 4.38. The van der Waals surface area contributed by atoms with Crippen molar-refractivity contribution in [2.75, 3.05) is 0 Å². The molecule has 19 heavy (non-hydrogen) atoms. The topological polar surface area (TPSA) is 37.3 Å². The molecule has 0 aromatic heterocycles. The highest BCUT2D eigenvalue weighted by Crippen LogP contribution is 2.24. The number of aliphatic hydroxyl groups is 1. The third kappa shape index (κ3) is 3.39. The summed E-state index contributed by atoms with van der Waals surface area (Å²) in [6.45, 7) is 1.47. The standard InChI is InChI=1S/C17H16O2/c1-13(18)16(12-14-8-4-2-5-9-14)17(19)15-10-6-3-7-11-15/h2-12,17,19H,1H3/b16-12-. The molecule has 0 amide bonds. The van der Waals surface area contributed by atoms with Gasteiger partial charge in [0, 0.05) is 5.57 Å². The number of carbonyl (C=O) groups excluding carboxylic acids is 1. The van der Waals surface area contributed by atoms with Gasteiger partial charge in [0.2, 0.25) is 0 Å². The van der Waals surface area contributed by atoms with Crippen molar-refractivity contribution in [3.63, 3.8) is 0 Å². The van der Waals surface area contributed by atoms with Crippen molar-refractivity contribution >= 4 is 11.9 Å². The summed E-state index contributed by atoms with van der Waals surface area (Å²) in [7, 11) is 0. The minimum Gasteiger partial charge on any atom is -0.384 e. The van der Waals surface area contributed by atoms with Gasteiger partial charge in [0.05, 0.1) is 0 Å². The molecule has 0 bridgehead atoms. The molecule has 0 saturated heterocycles. The van der Waals surface area contributed by atoms with E-state index in [1.807, 2.05) is 60.7 Å². The number of benzene rings is 2. The molecular weight excluding hydrogens is 236 g/mol. The Balaban J connectivity index is 2.36. The van der Waals surface area contributed by atoms with Crippen LogP contribution in [0.15, 0.2) is 66.2 Å². The molecule has 2 heteroatoms. The second-order valence-electron chi connectivity index (χ2n) is 4.38. The monoisotopic (exact) mass is 252 g/mol. The number of hydrogen-bond acceptors (Lipinski definition) is 2. The van der Waals surface area contributed by atoms with Crippen LogP contribution in [0.1, 0.15) is 24.2 Å². The molecule has 0 aliphatic rings. The van der Waals surface area contributed by atoms with Gasteiger partial charge in [-0.25, -0.2) is 0 Å². The van der Waals surface area contributed by atoms with Crippen LogP contribution in [-0.4, -0.2) is 10.9 Å². The van der Waals surface area contributed by atoms with E-state index in [1.54, 1.807) is 6.08 Å². The van der Waals surface area contributed by atoms with Crippen molar-refractivity contribution in [2.24, 2.45) is 0 Å². The molecule has 0 spiro atoms. The number of carbonyl (C=O) groups is 1. The highest BCUT2D eigenvalue weighted by atomic mass is 16.3. The first kappa shape index (κ1) is 13.2. The highest BCUT2D eigenvalue weighted by Gasteiger charge is 2.16. The van der Waals surface area contributed by atoms with E-state index in [9.17, 15) is 9.90 Å². The smallest absolute Gasteiger partial charge is 0.158 e. The van der Waals surface area contributed by atoms with Gasteiger partial charge in [-0.3, -0.25) is 4.79 Å². The number of aliphatic hydroxyl groups excluding tert-OH is 1. The van der Waals surface area contributed by atoms with Crippen LogP contribution in [0.2, 0.25) is 0 Å². The van der Waals surface area contributed by atoms with Crippen LogP contribution in [0, 0.1) is 0 Å². The summed E-state index contributed by atoms with van der Waals surface area (Å²) >= 11 is 0. The SMILES string of the molecule is CC(=O)/C(=C/c1ccccc1)C(O)c1ccccc1. The molecule has 2 aromatic rings. The van der Waals surface area contributed by atoms with Gasteiger partial charge in [-0.15, -0.1) is 0 Å². The molecule has 1 unspecified atom stereocenters. The lowest BCUT2D eigenvalue weighted by Gasteiger charge is -2.13. The van der Waals surface area contributed by atoms with Crippen LogP contribution in [0.25, 0.3) is 6.08 Å². The Morgan fingerprint density at radius 3 is 2.05 bits per heavy atom. The third-order valence-corrected chi connectivity index (χ3v) is 2.94. The molecule has 0 aliphatic carbocycles. The molecule has 2 rings (SSSR count). The summed E-state index contributed by atoms with van der Waals surface area (Å²) < 4.78 is 0. The molecule has 0 fully saturated rings. The van der Waals surface area contributed by atoms with E-state index in [-0.39, 0.29) is 5.78 Å². The van der Waals surface area contributed by atoms with Gasteiger partial charge < -0.3 is 5.11 Å². The van der Waals surface area contributed by atoms with E-state index in [0.29, 0.717) is 5.57 Å². The summed E-state index contributed by atoms with van der Waals surface area (Å²) in [5.74, 6) is -0.125. The van der Waals surface area contributed by atoms with Crippen LogP contribution >= 0.6 is 0 Å². The van der Waals surface area contributed by atoms with Crippen LogP contribution in [0.4, 0.5) is 0 Å². The van der Waals surface area contributed by atoms with E-state index >= 15 is 0 Å². The largest absolute Gasteiger partial charge is 0.384 e. The molecule has 0 aliphatic heterocycles. The lowest BCUT2D eigenvalue weighted by Crippen LogP contribution is -2.08. The molecular formula is C17H16O2. The quantitative estimate of drug-likeness (QED) is 0.847. The van der Waals surface area contributed by atoms with E-state index in [0.717, 1.165) is 11.1 Å².